The van der Waals surface area contributed by atoms with Crippen molar-refractivity contribution in [1.82, 2.24) is 9.88 Å². The minimum absolute atomic E-state index is 0.139. The SMILES string of the molecule is CC(O)CCN(C)C(=O)c1nc(NN)ccc1Cl. The van der Waals surface area contributed by atoms with Gasteiger partial charge in [0, 0.05) is 13.6 Å². The molecule has 18 heavy (non-hydrogen) atoms. The summed E-state index contributed by atoms with van der Waals surface area (Å²) in [4.78, 5) is 17.6. The number of pyridine rings is 1. The van der Waals surface area contributed by atoms with Crippen LogP contribution in [0.5, 0.6) is 0 Å². The second-order valence-electron chi connectivity index (χ2n) is 4.04. The molecule has 0 saturated heterocycles. The first-order chi connectivity index (χ1) is 8.45. The fraction of sp³-hybridized carbons (Fsp3) is 0.455. The molecule has 1 rings (SSSR count). The first-order valence-corrected chi connectivity index (χ1v) is 5.90. The Labute approximate surface area is 111 Å². The van der Waals surface area contributed by atoms with Gasteiger partial charge in [-0.1, -0.05) is 11.6 Å². The minimum Gasteiger partial charge on any atom is -0.393 e. The van der Waals surface area contributed by atoms with E-state index in [1.807, 2.05) is 0 Å². The number of amides is 1. The van der Waals surface area contributed by atoms with Crippen LogP contribution in [0.15, 0.2) is 12.1 Å². The highest BCUT2D eigenvalue weighted by atomic mass is 35.5. The van der Waals surface area contributed by atoms with E-state index >= 15 is 0 Å². The maximum Gasteiger partial charge on any atom is 0.273 e. The number of aliphatic hydroxyl groups excluding tert-OH is 1. The number of carbonyl (C=O) groups excluding carboxylic acids is 1. The van der Waals surface area contributed by atoms with Gasteiger partial charge in [-0.15, -0.1) is 0 Å². The molecule has 1 unspecified atom stereocenters. The largest absolute Gasteiger partial charge is 0.393 e. The maximum atomic E-state index is 12.1. The highest BCUT2D eigenvalue weighted by Gasteiger charge is 2.17. The normalized spacial score (nSPS) is 12.1. The molecule has 100 valence electrons. The topological polar surface area (TPSA) is 91.5 Å². The molecule has 0 aromatic carbocycles. The predicted octanol–water partition coefficient (Wildman–Crippen LogP) is 0.864. The van der Waals surface area contributed by atoms with E-state index in [-0.39, 0.29) is 16.6 Å². The molecule has 0 radical (unpaired) electrons. The molecule has 0 aliphatic heterocycles. The highest BCUT2D eigenvalue weighted by Crippen LogP contribution is 2.17. The molecule has 1 aromatic rings. The number of rotatable bonds is 5. The van der Waals surface area contributed by atoms with Gasteiger partial charge in [-0.25, -0.2) is 10.8 Å². The number of aromatic nitrogens is 1. The Bertz CT molecular complexity index is 426. The number of nitrogen functional groups attached to an aromatic ring is 1. The summed E-state index contributed by atoms with van der Waals surface area (Å²) in [6.07, 6.45) is 0.0371. The lowest BCUT2D eigenvalue weighted by Gasteiger charge is -2.18. The van der Waals surface area contributed by atoms with Gasteiger partial charge in [-0.2, -0.15) is 0 Å². The van der Waals surface area contributed by atoms with E-state index in [1.165, 1.54) is 4.90 Å². The van der Waals surface area contributed by atoms with E-state index in [1.54, 1.807) is 26.1 Å². The van der Waals surface area contributed by atoms with Crippen molar-refractivity contribution in [2.45, 2.75) is 19.4 Å². The number of aliphatic hydroxyl groups is 1. The van der Waals surface area contributed by atoms with Crippen LogP contribution in [0.4, 0.5) is 5.82 Å². The fourth-order valence-corrected chi connectivity index (χ4v) is 1.52. The second-order valence-corrected chi connectivity index (χ2v) is 4.44. The average Bonchev–Trinajstić information content (AvgIpc) is 2.35. The van der Waals surface area contributed by atoms with Crippen LogP contribution in [-0.2, 0) is 0 Å². The van der Waals surface area contributed by atoms with Gasteiger partial charge >= 0.3 is 0 Å². The van der Waals surface area contributed by atoms with Gasteiger partial charge in [0.1, 0.15) is 11.5 Å². The Kier molecular flexibility index (Phi) is 5.33. The molecule has 7 heteroatoms. The molecule has 6 nitrogen and oxygen atoms in total. The van der Waals surface area contributed by atoms with Crippen molar-refractivity contribution in [3.05, 3.63) is 22.8 Å². The van der Waals surface area contributed by atoms with Gasteiger partial charge in [-0.3, -0.25) is 4.79 Å². The van der Waals surface area contributed by atoms with E-state index in [0.29, 0.717) is 18.8 Å². The van der Waals surface area contributed by atoms with E-state index in [0.717, 1.165) is 0 Å². The van der Waals surface area contributed by atoms with Crippen LogP contribution in [0.25, 0.3) is 0 Å². The summed E-state index contributed by atoms with van der Waals surface area (Å²) in [6, 6.07) is 3.13. The summed E-state index contributed by atoms with van der Waals surface area (Å²) in [7, 11) is 1.63. The third kappa shape index (κ3) is 3.83. The number of carbonyl (C=O) groups is 1. The van der Waals surface area contributed by atoms with Crippen molar-refractivity contribution in [2.75, 3.05) is 19.0 Å². The number of nitrogens with zero attached hydrogens (tertiary/aromatic N) is 2. The summed E-state index contributed by atoms with van der Waals surface area (Å²) in [5.74, 6) is 5.29. The van der Waals surface area contributed by atoms with Gasteiger partial charge in [0.2, 0.25) is 0 Å². The molecule has 1 atom stereocenters. The standard InChI is InChI=1S/C11H17ClN4O2/c1-7(17)5-6-16(2)11(18)10-8(12)3-4-9(14-10)15-13/h3-4,7,17H,5-6,13H2,1-2H3,(H,14,15). The van der Waals surface area contributed by atoms with Crippen LogP contribution in [0.1, 0.15) is 23.8 Å². The lowest BCUT2D eigenvalue weighted by atomic mass is 10.2. The van der Waals surface area contributed by atoms with Crippen LogP contribution < -0.4 is 11.3 Å². The zero-order chi connectivity index (χ0) is 13.7. The van der Waals surface area contributed by atoms with Gasteiger partial charge in [0.15, 0.2) is 0 Å². The Balaban J connectivity index is 2.82. The van der Waals surface area contributed by atoms with Crippen LogP contribution in [0.2, 0.25) is 5.02 Å². The minimum atomic E-state index is -0.458. The van der Waals surface area contributed by atoms with Crippen LogP contribution in [0.3, 0.4) is 0 Å². The molecule has 4 N–H and O–H groups in total. The lowest BCUT2D eigenvalue weighted by molar-refractivity contribution is 0.0763. The van der Waals surface area contributed by atoms with Crippen molar-refractivity contribution >= 4 is 23.3 Å². The first kappa shape index (κ1) is 14.7. The van der Waals surface area contributed by atoms with E-state index in [4.69, 9.17) is 17.4 Å². The smallest absolute Gasteiger partial charge is 0.273 e. The molecular formula is C11H17ClN4O2. The zero-order valence-corrected chi connectivity index (χ0v) is 11.1. The second kappa shape index (κ2) is 6.53. The average molecular weight is 273 g/mol. The Morgan fingerprint density at radius 3 is 2.89 bits per heavy atom. The zero-order valence-electron chi connectivity index (χ0n) is 10.4. The van der Waals surface area contributed by atoms with Crippen molar-refractivity contribution in [3.63, 3.8) is 0 Å². The number of nitrogens with two attached hydrogens (primary N) is 1. The van der Waals surface area contributed by atoms with Gasteiger partial charge in [0.05, 0.1) is 11.1 Å². The molecular weight excluding hydrogens is 256 g/mol. The van der Waals surface area contributed by atoms with Crippen molar-refractivity contribution in [2.24, 2.45) is 5.84 Å². The Morgan fingerprint density at radius 1 is 1.67 bits per heavy atom. The van der Waals surface area contributed by atoms with Crippen LogP contribution >= 0.6 is 11.6 Å². The quantitative estimate of drug-likeness (QED) is 0.546. The molecule has 1 amide bonds. The first-order valence-electron chi connectivity index (χ1n) is 5.52. The van der Waals surface area contributed by atoms with Gasteiger partial charge in [0.25, 0.3) is 5.91 Å². The van der Waals surface area contributed by atoms with E-state index in [9.17, 15) is 9.90 Å². The summed E-state index contributed by atoms with van der Waals surface area (Å²) < 4.78 is 0. The van der Waals surface area contributed by atoms with Gasteiger partial charge < -0.3 is 15.4 Å². The monoisotopic (exact) mass is 272 g/mol. The molecule has 1 aromatic heterocycles. The van der Waals surface area contributed by atoms with Crippen molar-refractivity contribution in [1.29, 1.82) is 0 Å². The molecule has 0 bridgehead atoms. The van der Waals surface area contributed by atoms with Crippen LogP contribution in [0, 0.1) is 0 Å². The highest BCUT2D eigenvalue weighted by molar-refractivity contribution is 6.33. The third-order valence-corrected chi connectivity index (χ3v) is 2.73. The van der Waals surface area contributed by atoms with E-state index in [2.05, 4.69) is 10.4 Å². The molecule has 0 saturated carbocycles. The number of halogens is 1. The molecule has 0 aliphatic rings. The summed E-state index contributed by atoms with van der Waals surface area (Å²) in [6.45, 7) is 2.09. The van der Waals surface area contributed by atoms with Gasteiger partial charge in [-0.05, 0) is 25.5 Å². The third-order valence-electron chi connectivity index (χ3n) is 2.43. The van der Waals surface area contributed by atoms with Crippen molar-refractivity contribution < 1.29 is 9.90 Å². The predicted molar refractivity (Wildman–Crippen MR) is 70.3 cm³/mol. The maximum absolute atomic E-state index is 12.1. The fourth-order valence-electron chi connectivity index (χ4n) is 1.34. The molecule has 1 heterocycles. The Hall–Kier alpha value is -1.37. The number of nitrogens with one attached hydrogen (secondary N) is 1. The van der Waals surface area contributed by atoms with E-state index < -0.39 is 6.10 Å². The summed E-state index contributed by atoms with van der Waals surface area (Å²) in [5, 5.41) is 9.45. The van der Waals surface area contributed by atoms with Crippen molar-refractivity contribution in [3.8, 4) is 0 Å². The van der Waals surface area contributed by atoms with Crippen LogP contribution in [-0.4, -0.2) is 40.6 Å². The number of hydrogen-bond donors (Lipinski definition) is 3. The summed E-state index contributed by atoms with van der Waals surface area (Å²) >= 11 is 5.93. The lowest BCUT2D eigenvalue weighted by Crippen LogP contribution is -2.30. The molecule has 0 aliphatic carbocycles. The molecule has 0 spiro atoms. The Morgan fingerprint density at radius 2 is 2.33 bits per heavy atom. The molecule has 0 fully saturated rings. The number of anilines is 1. The summed E-state index contributed by atoms with van der Waals surface area (Å²) in [5.41, 5.74) is 2.50. The number of hydrazine groups is 1. The number of hydrogen-bond acceptors (Lipinski definition) is 5.